The molecule has 2 aromatic heterocycles. The molecule has 1 N–H and O–H groups in total. The van der Waals surface area contributed by atoms with Gasteiger partial charge in [-0.05, 0) is 53.4 Å². The van der Waals surface area contributed by atoms with Crippen molar-refractivity contribution in [3.8, 4) is 51.3 Å². The molecule has 0 saturated heterocycles. The predicted octanol–water partition coefficient (Wildman–Crippen LogP) is 8.15. The number of para-hydroxylation sites is 2. The smallest absolute Gasteiger partial charge is 0.149 e. The number of fused-ring (bicyclic) bond motifs is 2. The molecule has 0 saturated carbocycles. The third-order valence-electron chi connectivity index (χ3n) is 7.21. The molecule has 7 aromatic rings. The van der Waals surface area contributed by atoms with E-state index < -0.39 is 0 Å². The van der Waals surface area contributed by atoms with Gasteiger partial charge in [-0.1, -0.05) is 78.9 Å². The summed E-state index contributed by atoms with van der Waals surface area (Å²) >= 11 is 0. The number of phenolic OH excluding ortho intramolecular Hbond substituents is 1. The first kappa shape index (κ1) is 23.4. The molecule has 0 aliphatic carbocycles. The van der Waals surface area contributed by atoms with E-state index in [4.69, 9.17) is 4.98 Å². The second-order valence-corrected chi connectivity index (χ2v) is 9.55. The second kappa shape index (κ2) is 9.54. The van der Waals surface area contributed by atoms with Crippen LogP contribution in [0.1, 0.15) is 5.56 Å². The number of hydrogen-bond acceptors (Lipinski definition) is 4. The molecule has 0 fully saturated rings. The Morgan fingerprint density at radius 2 is 1.45 bits per heavy atom. The molecule has 5 aromatic carbocycles. The van der Waals surface area contributed by atoms with Gasteiger partial charge in [-0.25, -0.2) is 4.98 Å². The number of phenols is 1. The number of rotatable bonds is 4. The summed E-state index contributed by atoms with van der Waals surface area (Å²) in [4.78, 5) is 9.66. The Hall–Kier alpha value is -5.73. The molecule has 0 radical (unpaired) electrons. The highest BCUT2D eigenvalue weighted by Gasteiger charge is 2.20. The van der Waals surface area contributed by atoms with Gasteiger partial charge in [-0.15, -0.1) is 0 Å². The minimum atomic E-state index is 0.169. The van der Waals surface area contributed by atoms with Gasteiger partial charge >= 0.3 is 0 Å². The van der Waals surface area contributed by atoms with Gasteiger partial charge in [0.05, 0.1) is 33.5 Å². The number of pyridine rings is 1. The summed E-state index contributed by atoms with van der Waals surface area (Å²) in [6.07, 6.45) is 1.70. The summed E-state index contributed by atoms with van der Waals surface area (Å²) in [6.45, 7) is 0. The van der Waals surface area contributed by atoms with Crippen LogP contribution in [0.3, 0.4) is 0 Å². The van der Waals surface area contributed by atoms with Crippen molar-refractivity contribution in [2.45, 2.75) is 0 Å². The summed E-state index contributed by atoms with van der Waals surface area (Å²) in [5.74, 6) is 0.826. The number of aromatic nitrogens is 3. The largest absolute Gasteiger partial charge is 0.507 e. The molecule has 0 unspecified atom stereocenters. The van der Waals surface area contributed by atoms with Crippen LogP contribution in [0.2, 0.25) is 0 Å². The number of benzene rings is 5. The first-order valence-corrected chi connectivity index (χ1v) is 13.0. The molecule has 0 atom stereocenters. The first-order chi connectivity index (χ1) is 19.7. The lowest BCUT2D eigenvalue weighted by Gasteiger charge is -2.13. The number of nitrogens with zero attached hydrogens (tertiary/aromatic N) is 4. The topological polar surface area (TPSA) is 74.7 Å². The zero-order valence-corrected chi connectivity index (χ0v) is 21.4. The van der Waals surface area contributed by atoms with E-state index in [0.29, 0.717) is 22.6 Å². The lowest BCUT2D eigenvalue weighted by Crippen LogP contribution is -1.99. The third-order valence-corrected chi connectivity index (χ3v) is 7.21. The van der Waals surface area contributed by atoms with E-state index in [-0.39, 0.29) is 5.75 Å². The monoisotopic (exact) mass is 514 g/mol. The standard InChI is InChI=1S/C35H22N4O/c36-22-26-13-8-20-37-33(26)25-12-5-11-24(21-25)28-16-7-18-31-34(28)38-35(29-15-3-4-19-32(29)40)39(31)30-17-6-10-23-9-1-2-14-27(23)30/h1-21,40H. The predicted molar refractivity (Wildman–Crippen MR) is 159 cm³/mol. The minimum Gasteiger partial charge on any atom is -0.507 e. The zero-order valence-electron chi connectivity index (χ0n) is 21.4. The van der Waals surface area contributed by atoms with E-state index >= 15 is 0 Å². The Balaban J connectivity index is 1.52. The molecule has 0 spiro atoms. The van der Waals surface area contributed by atoms with Crippen LogP contribution >= 0.6 is 0 Å². The summed E-state index contributed by atoms with van der Waals surface area (Å²) in [5.41, 5.74) is 7.32. The molecule has 5 heteroatoms. The Morgan fingerprint density at radius 1 is 0.700 bits per heavy atom. The SMILES string of the molecule is N#Cc1cccnc1-c1cccc(-c2cccc3c2nc(-c2ccccc2O)n3-c2cccc3ccccc23)c1. The fraction of sp³-hybridized carbons (Fsp3) is 0. The molecule has 40 heavy (non-hydrogen) atoms. The molecule has 5 nitrogen and oxygen atoms in total. The fourth-order valence-corrected chi connectivity index (χ4v) is 5.38. The van der Waals surface area contributed by atoms with Crippen LogP contribution in [0, 0.1) is 11.3 Å². The van der Waals surface area contributed by atoms with Crippen molar-refractivity contribution in [2.24, 2.45) is 0 Å². The van der Waals surface area contributed by atoms with Crippen LogP contribution in [-0.2, 0) is 0 Å². The average Bonchev–Trinajstić information content (AvgIpc) is 3.40. The summed E-state index contributed by atoms with van der Waals surface area (Å²) < 4.78 is 2.13. The van der Waals surface area contributed by atoms with Gasteiger partial charge in [0, 0.05) is 22.7 Å². The van der Waals surface area contributed by atoms with Crippen molar-refractivity contribution in [2.75, 3.05) is 0 Å². The average molecular weight is 515 g/mol. The Morgan fingerprint density at radius 3 is 2.35 bits per heavy atom. The van der Waals surface area contributed by atoms with Gasteiger partial charge in [0.25, 0.3) is 0 Å². The maximum absolute atomic E-state index is 10.9. The summed E-state index contributed by atoms with van der Waals surface area (Å²) in [6, 6.07) is 41.8. The number of imidazole rings is 1. The van der Waals surface area contributed by atoms with Gasteiger partial charge in [0.15, 0.2) is 0 Å². The molecular formula is C35H22N4O. The van der Waals surface area contributed by atoms with Crippen LogP contribution < -0.4 is 0 Å². The van der Waals surface area contributed by atoms with Gasteiger partial charge in [-0.2, -0.15) is 5.26 Å². The maximum atomic E-state index is 10.9. The quantitative estimate of drug-likeness (QED) is 0.257. The van der Waals surface area contributed by atoms with Crippen molar-refractivity contribution in [1.29, 1.82) is 5.26 Å². The molecule has 188 valence electrons. The summed E-state index contributed by atoms with van der Waals surface area (Å²) in [7, 11) is 0. The molecule has 0 aliphatic rings. The van der Waals surface area contributed by atoms with E-state index in [1.807, 2.05) is 60.7 Å². The molecule has 0 bridgehead atoms. The lowest BCUT2D eigenvalue weighted by molar-refractivity contribution is 0.477. The molecule has 0 aliphatic heterocycles. The van der Waals surface area contributed by atoms with Gasteiger partial charge < -0.3 is 5.11 Å². The zero-order chi connectivity index (χ0) is 27.1. The maximum Gasteiger partial charge on any atom is 0.149 e. The minimum absolute atomic E-state index is 0.169. The normalized spacial score (nSPS) is 11.1. The van der Waals surface area contributed by atoms with Crippen LogP contribution in [0.5, 0.6) is 5.75 Å². The van der Waals surface area contributed by atoms with Crippen LogP contribution in [0.15, 0.2) is 128 Å². The van der Waals surface area contributed by atoms with Crippen molar-refractivity contribution in [3.63, 3.8) is 0 Å². The number of hydrogen-bond donors (Lipinski definition) is 1. The Kier molecular flexibility index (Phi) is 5.58. The van der Waals surface area contributed by atoms with Gasteiger partial charge in [0.2, 0.25) is 0 Å². The number of aromatic hydroxyl groups is 1. The van der Waals surface area contributed by atoms with E-state index in [9.17, 15) is 10.4 Å². The fourth-order valence-electron chi connectivity index (χ4n) is 5.38. The third kappa shape index (κ3) is 3.79. The van der Waals surface area contributed by atoms with Crippen molar-refractivity contribution in [1.82, 2.24) is 14.5 Å². The lowest BCUT2D eigenvalue weighted by atomic mass is 9.99. The van der Waals surface area contributed by atoms with Crippen LogP contribution in [0.4, 0.5) is 0 Å². The molecule has 0 amide bonds. The Labute approximate surface area is 230 Å². The van der Waals surface area contributed by atoms with E-state index in [1.54, 1.807) is 24.4 Å². The highest BCUT2D eigenvalue weighted by atomic mass is 16.3. The first-order valence-electron chi connectivity index (χ1n) is 13.0. The van der Waals surface area contributed by atoms with Crippen molar-refractivity contribution < 1.29 is 5.11 Å². The molecule has 7 rings (SSSR count). The van der Waals surface area contributed by atoms with E-state index in [0.717, 1.165) is 44.2 Å². The van der Waals surface area contributed by atoms with Crippen LogP contribution in [-0.4, -0.2) is 19.6 Å². The highest BCUT2D eigenvalue weighted by Crippen LogP contribution is 2.39. The number of nitriles is 1. The van der Waals surface area contributed by atoms with Gasteiger partial charge in [0.1, 0.15) is 17.6 Å². The van der Waals surface area contributed by atoms with E-state index in [2.05, 4.69) is 58.1 Å². The van der Waals surface area contributed by atoms with E-state index in [1.165, 1.54) is 0 Å². The van der Waals surface area contributed by atoms with Crippen molar-refractivity contribution >= 4 is 21.8 Å². The van der Waals surface area contributed by atoms with Crippen molar-refractivity contribution in [3.05, 3.63) is 133 Å². The van der Waals surface area contributed by atoms with Crippen LogP contribution in [0.25, 0.3) is 61.3 Å². The highest BCUT2D eigenvalue weighted by molar-refractivity contribution is 5.99. The second-order valence-electron chi connectivity index (χ2n) is 9.55. The van der Waals surface area contributed by atoms with Gasteiger partial charge in [-0.3, -0.25) is 9.55 Å². The Bertz CT molecular complexity index is 2100. The summed E-state index contributed by atoms with van der Waals surface area (Å²) in [5, 5.41) is 22.7. The molecule has 2 heterocycles. The molecular weight excluding hydrogens is 492 g/mol.